The molecule has 0 aromatic carbocycles. The number of nitrogens with zero attached hydrogens (tertiary/aromatic N) is 4. The van der Waals surface area contributed by atoms with Crippen molar-refractivity contribution in [3.05, 3.63) is 54.6 Å². The van der Waals surface area contributed by atoms with Crippen molar-refractivity contribution < 1.29 is 78.0 Å². The Morgan fingerprint density at radius 2 is 1.20 bits per heavy atom. The fourth-order valence-corrected chi connectivity index (χ4v) is 4.13. The quantitative estimate of drug-likeness (QED) is 0.373. The van der Waals surface area contributed by atoms with Gasteiger partial charge >= 0.3 is 36.4 Å². The third kappa shape index (κ3) is 12.6. The maximum absolute atomic E-state index is 14.9. The summed E-state index contributed by atoms with van der Waals surface area (Å²) in [6, 6.07) is 7.71. The van der Waals surface area contributed by atoms with Gasteiger partial charge in [-0.2, -0.15) is 39.5 Å². The summed E-state index contributed by atoms with van der Waals surface area (Å²) in [5, 5.41) is 21.4. The highest BCUT2D eigenvalue weighted by Gasteiger charge is 2.59. The minimum absolute atomic E-state index is 0.0705. The SMILES string of the molecule is FC1(F)CCN(Cc2ccncc2)CC12CCN(c1cccnc1)C2.O=C(O)C(F)(F)F.O=C(O)C(F)(F)F.O=C(O)C(F)(F)F. The Kier molecular flexibility index (Phi) is 13.7. The number of hydrogen-bond donors (Lipinski definition) is 3. The number of aliphatic carboxylic acids is 3. The number of anilines is 1. The first-order valence-electron chi connectivity index (χ1n) is 12.5. The maximum Gasteiger partial charge on any atom is 0.490 e. The van der Waals surface area contributed by atoms with E-state index in [2.05, 4.69) is 19.8 Å². The summed E-state index contributed by atoms with van der Waals surface area (Å²) in [6.45, 7) is 2.61. The van der Waals surface area contributed by atoms with Gasteiger partial charge in [0.1, 0.15) is 0 Å². The van der Waals surface area contributed by atoms with Gasteiger partial charge in [0, 0.05) is 57.7 Å². The number of aromatic nitrogens is 2. The van der Waals surface area contributed by atoms with E-state index >= 15 is 0 Å². The van der Waals surface area contributed by atoms with Crippen LogP contribution < -0.4 is 4.90 Å². The third-order valence-electron chi connectivity index (χ3n) is 6.29. The molecule has 4 rings (SSSR count). The van der Waals surface area contributed by atoms with Crippen molar-refractivity contribution >= 4 is 23.6 Å². The normalized spacial score (nSPS) is 19.4. The van der Waals surface area contributed by atoms with Crippen molar-refractivity contribution in [3.63, 3.8) is 0 Å². The number of halogens is 11. The Bertz CT molecular complexity index is 1220. The van der Waals surface area contributed by atoms with Gasteiger partial charge in [0.25, 0.3) is 5.92 Å². The van der Waals surface area contributed by atoms with Gasteiger partial charge < -0.3 is 20.2 Å². The van der Waals surface area contributed by atoms with Crippen molar-refractivity contribution in [3.8, 4) is 0 Å². The predicted octanol–water partition coefficient (Wildman–Crippen LogP) is 5.11. The van der Waals surface area contributed by atoms with Crippen LogP contribution in [0.2, 0.25) is 0 Å². The molecule has 21 heteroatoms. The Morgan fingerprint density at radius 3 is 1.61 bits per heavy atom. The standard InChI is InChI=1S/C19H22F2N4.3C2HF3O2/c20-19(21)6-10-24(13-16-3-8-22-9-4-16)14-18(19)5-11-25(15-18)17-2-1-7-23-12-17;3*3-2(4,5)1(6)7/h1-4,7-9,12H,5-6,10-11,13-15H2;3*(H,6,7). The fourth-order valence-electron chi connectivity index (χ4n) is 4.13. The minimum Gasteiger partial charge on any atom is -0.475 e. The number of likely N-dealkylation sites (tertiary alicyclic amines) is 1. The molecule has 1 spiro atoms. The number of carboxylic acid groups (broad SMARTS) is 3. The molecule has 10 nitrogen and oxygen atoms in total. The lowest BCUT2D eigenvalue weighted by Crippen LogP contribution is -2.56. The second-order valence-electron chi connectivity index (χ2n) is 9.59. The molecule has 1 atom stereocenters. The molecule has 0 aliphatic carbocycles. The second-order valence-corrected chi connectivity index (χ2v) is 9.59. The Hall–Kier alpha value is -4.30. The van der Waals surface area contributed by atoms with Gasteiger partial charge in [0.05, 0.1) is 17.3 Å². The zero-order chi connectivity index (χ0) is 35.6. The summed E-state index contributed by atoms with van der Waals surface area (Å²) in [7, 11) is 0. The molecule has 258 valence electrons. The summed E-state index contributed by atoms with van der Waals surface area (Å²) in [6.07, 6.45) is -7.83. The van der Waals surface area contributed by atoms with Gasteiger partial charge in [0.2, 0.25) is 0 Å². The molecule has 0 bridgehead atoms. The van der Waals surface area contributed by atoms with E-state index in [1.54, 1.807) is 24.8 Å². The van der Waals surface area contributed by atoms with Crippen LogP contribution in [0.25, 0.3) is 0 Å². The van der Waals surface area contributed by atoms with E-state index in [1.165, 1.54) is 0 Å². The molecule has 0 radical (unpaired) electrons. The lowest BCUT2D eigenvalue weighted by molar-refractivity contribution is -0.193. The first kappa shape index (κ1) is 39.7. The lowest BCUT2D eigenvalue weighted by Gasteiger charge is -2.46. The molecule has 0 amide bonds. The van der Waals surface area contributed by atoms with Gasteiger partial charge in [-0.15, -0.1) is 0 Å². The van der Waals surface area contributed by atoms with E-state index in [9.17, 15) is 48.3 Å². The molecule has 4 heterocycles. The molecule has 2 fully saturated rings. The van der Waals surface area contributed by atoms with Crippen LogP contribution in [0.3, 0.4) is 0 Å². The van der Waals surface area contributed by atoms with E-state index < -0.39 is 47.8 Å². The topological polar surface area (TPSA) is 144 Å². The van der Waals surface area contributed by atoms with Crippen molar-refractivity contribution in [2.24, 2.45) is 5.41 Å². The molecular weight excluding hydrogens is 661 g/mol. The smallest absolute Gasteiger partial charge is 0.475 e. The zero-order valence-corrected chi connectivity index (χ0v) is 23.1. The van der Waals surface area contributed by atoms with Gasteiger partial charge in [0.15, 0.2) is 0 Å². The third-order valence-corrected chi connectivity index (χ3v) is 6.29. The number of alkyl halides is 11. The van der Waals surface area contributed by atoms with Crippen molar-refractivity contribution in [1.82, 2.24) is 14.9 Å². The highest BCUT2D eigenvalue weighted by atomic mass is 19.4. The van der Waals surface area contributed by atoms with Crippen LogP contribution in [0, 0.1) is 5.41 Å². The number of pyridine rings is 2. The molecule has 1 unspecified atom stereocenters. The van der Waals surface area contributed by atoms with E-state index in [1.807, 2.05) is 24.3 Å². The number of hydrogen-bond acceptors (Lipinski definition) is 7. The van der Waals surface area contributed by atoms with Gasteiger partial charge in [-0.25, -0.2) is 23.2 Å². The highest BCUT2D eigenvalue weighted by molar-refractivity contribution is 5.73. The van der Waals surface area contributed by atoms with Crippen LogP contribution in [0.1, 0.15) is 18.4 Å². The Morgan fingerprint density at radius 1 is 0.717 bits per heavy atom. The molecule has 0 saturated carbocycles. The van der Waals surface area contributed by atoms with Crippen LogP contribution in [0.5, 0.6) is 0 Å². The van der Waals surface area contributed by atoms with Gasteiger partial charge in [-0.05, 0) is 36.2 Å². The summed E-state index contributed by atoms with van der Waals surface area (Å²) in [5.41, 5.74) is 1.08. The largest absolute Gasteiger partial charge is 0.490 e. The first-order chi connectivity index (χ1) is 20.9. The van der Waals surface area contributed by atoms with Crippen molar-refractivity contribution in [1.29, 1.82) is 0 Å². The molecule has 2 aromatic heterocycles. The first-order valence-corrected chi connectivity index (χ1v) is 12.5. The van der Waals surface area contributed by atoms with Crippen LogP contribution in [0.4, 0.5) is 54.0 Å². The predicted molar refractivity (Wildman–Crippen MR) is 134 cm³/mol. The summed E-state index contributed by atoms with van der Waals surface area (Å²) < 4.78 is 125. The van der Waals surface area contributed by atoms with Crippen LogP contribution in [-0.2, 0) is 20.9 Å². The highest BCUT2D eigenvalue weighted by Crippen LogP contribution is 2.50. The summed E-state index contributed by atoms with van der Waals surface area (Å²) in [5.74, 6) is -10.9. The van der Waals surface area contributed by atoms with Gasteiger partial charge in [-0.1, -0.05) is 0 Å². The number of carboxylic acids is 3. The van der Waals surface area contributed by atoms with E-state index in [4.69, 9.17) is 29.7 Å². The van der Waals surface area contributed by atoms with Crippen molar-refractivity contribution in [2.75, 3.05) is 31.1 Å². The van der Waals surface area contributed by atoms with Crippen LogP contribution in [-0.4, -0.2) is 98.7 Å². The Balaban J connectivity index is 0.000000413. The zero-order valence-electron chi connectivity index (χ0n) is 23.1. The molecular formula is C25H25F11N4O6. The van der Waals surface area contributed by atoms with Crippen molar-refractivity contribution in [2.45, 2.75) is 43.8 Å². The number of piperidine rings is 1. The fraction of sp³-hybridized carbons (Fsp3) is 0.480. The lowest BCUT2D eigenvalue weighted by atomic mass is 9.75. The maximum atomic E-state index is 14.9. The summed E-state index contributed by atoms with van der Waals surface area (Å²) in [4.78, 5) is 39.1. The summed E-state index contributed by atoms with van der Waals surface area (Å²) >= 11 is 0. The second kappa shape index (κ2) is 15.8. The van der Waals surface area contributed by atoms with Crippen LogP contribution in [0.15, 0.2) is 49.1 Å². The minimum atomic E-state index is -5.08. The molecule has 2 saturated heterocycles. The van der Waals surface area contributed by atoms with E-state index in [0.29, 0.717) is 39.1 Å². The monoisotopic (exact) mass is 686 g/mol. The molecule has 2 aliphatic rings. The average Bonchev–Trinajstić information content (AvgIpc) is 3.37. The van der Waals surface area contributed by atoms with Crippen LogP contribution >= 0.6 is 0 Å². The molecule has 2 aliphatic heterocycles. The van der Waals surface area contributed by atoms with E-state index in [-0.39, 0.29) is 6.42 Å². The average molecular weight is 686 g/mol. The van der Waals surface area contributed by atoms with Gasteiger partial charge in [-0.3, -0.25) is 14.9 Å². The Labute approximate surface area is 252 Å². The number of carbonyl (C=O) groups is 3. The van der Waals surface area contributed by atoms with E-state index in [0.717, 1.165) is 11.3 Å². The molecule has 46 heavy (non-hydrogen) atoms. The molecule has 3 N–H and O–H groups in total. The number of rotatable bonds is 3. The molecule has 2 aromatic rings.